The van der Waals surface area contributed by atoms with Gasteiger partial charge in [0.05, 0.1) is 23.7 Å². The summed E-state index contributed by atoms with van der Waals surface area (Å²) in [6, 6.07) is 0. The standard InChI is InChI=1S/C11H16N2O2S/c1-13-8(7-14)6-12-11(13)16-10-5-3-2-4-9(10)15/h6,10,14H,2-5,7H2,1H3. The number of rotatable bonds is 3. The second kappa shape index (κ2) is 5.01. The number of ketones is 1. The van der Waals surface area contributed by atoms with Gasteiger partial charge in [-0.3, -0.25) is 4.79 Å². The number of carbonyl (C=O) groups excluding carboxylic acids is 1. The predicted octanol–water partition coefficient (Wildman–Crippen LogP) is 1.52. The zero-order valence-electron chi connectivity index (χ0n) is 9.35. The molecule has 16 heavy (non-hydrogen) atoms. The molecule has 1 fully saturated rings. The van der Waals surface area contributed by atoms with Crippen LogP contribution in [0.25, 0.3) is 0 Å². The van der Waals surface area contributed by atoms with Crippen LogP contribution in [0.5, 0.6) is 0 Å². The van der Waals surface area contributed by atoms with E-state index in [0.29, 0.717) is 12.2 Å². The molecule has 0 radical (unpaired) electrons. The summed E-state index contributed by atoms with van der Waals surface area (Å²) >= 11 is 1.53. The monoisotopic (exact) mass is 240 g/mol. The first-order valence-electron chi connectivity index (χ1n) is 5.53. The van der Waals surface area contributed by atoms with Gasteiger partial charge in [-0.2, -0.15) is 0 Å². The minimum atomic E-state index is -0.0112. The van der Waals surface area contributed by atoms with Crippen LogP contribution < -0.4 is 0 Å². The fourth-order valence-electron chi connectivity index (χ4n) is 1.88. The van der Waals surface area contributed by atoms with Gasteiger partial charge in [0.15, 0.2) is 5.16 Å². The van der Waals surface area contributed by atoms with E-state index >= 15 is 0 Å². The Morgan fingerprint density at radius 1 is 1.62 bits per heavy atom. The molecule has 1 heterocycles. The van der Waals surface area contributed by atoms with E-state index in [9.17, 15) is 4.79 Å². The molecule has 0 aliphatic heterocycles. The summed E-state index contributed by atoms with van der Waals surface area (Å²) in [5.74, 6) is 0.338. The Balaban J connectivity index is 2.07. The second-order valence-electron chi connectivity index (χ2n) is 4.07. The topological polar surface area (TPSA) is 55.1 Å². The highest BCUT2D eigenvalue weighted by molar-refractivity contribution is 8.00. The highest BCUT2D eigenvalue weighted by atomic mass is 32.2. The van der Waals surface area contributed by atoms with Crippen molar-refractivity contribution in [1.82, 2.24) is 9.55 Å². The number of aliphatic hydroxyl groups excluding tert-OH is 1. The van der Waals surface area contributed by atoms with E-state index < -0.39 is 0 Å². The molecule has 1 N–H and O–H groups in total. The van der Waals surface area contributed by atoms with Gasteiger partial charge in [0.25, 0.3) is 0 Å². The first kappa shape index (κ1) is 11.7. The summed E-state index contributed by atoms with van der Waals surface area (Å²) in [6.45, 7) is -0.0112. The molecule has 1 aliphatic rings. The minimum absolute atomic E-state index is 0.0112. The molecule has 5 heteroatoms. The van der Waals surface area contributed by atoms with Crippen LogP contribution in [-0.2, 0) is 18.4 Å². The van der Waals surface area contributed by atoms with Crippen LogP contribution in [0.4, 0.5) is 0 Å². The molecule has 0 amide bonds. The lowest BCUT2D eigenvalue weighted by atomic mass is 9.99. The average Bonchev–Trinajstić information content (AvgIpc) is 2.63. The van der Waals surface area contributed by atoms with Gasteiger partial charge in [0.1, 0.15) is 5.78 Å². The summed E-state index contributed by atoms with van der Waals surface area (Å²) in [4.78, 5) is 15.9. The SMILES string of the molecule is Cn1c(CO)cnc1SC1CCCCC1=O. The van der Waals surface area contributed by atoms with Crippen LogP contribution in [-0.4, -0.2) is 25.7 Å². The van der Waals surface area contributed by atoms with Gasteiger partial charge in [0.2, 0.25) is 0 Å². The number of hydrogen-bond acceptors (Lipinski definition) is 4. The van der Waals surface area contributed by atoms with E-state index in [1.165, 1.54) is 11.8 Å². The van der Waals surface area contributed by atoms with Crippen molar-refractivity contribution in [2.45, 2.75) is 42.7 Å². The Bertz CT molecular complexity index is 389. The van der Waals surface area contributed by atoms with E-state index in [2.05, 4.69) is 4.98 Å². The number of nitrogens with zero attached hydrogens (tertiary/aromatic N) is 2. The maximum atomic E-state index is 11.7. The highest BCUT2D eigenvalue weighted by Crippen LogP contribution is 2.30. The first-order chi connectivity index (χ1) is 7.72. The summed E-state index contributed by atoms with van der Waals surface area (Å²) < 4.78 is 1.85. The molecule has 1 aromatic heterocycles. The summed E-state index contributed by atoms with van der Waals surface area (Å²) in [7, 11) is 1.87. The number of aromatic nitrogens is 2. The van der Waals surface area contributed by atoms with Crippen molar-refractivity contribution in [1.29, 1.82) is 0 Å². The minimum Gasteiger partial charge on any atom is -0.390 e. The fourth-order valence-corrected chi connectivity index (χ4v) is 3.06. The van der Waals surface area contributed by atoms with Crippen molar-refractivity contribution >= 4 is 17.5 Å². The van der Waals surface area contributed by atoms with Crippen molar-refractivity contribution < 1.29 is 9.90 Å². The second-order valence-corrected chi connectivity index (χ2v) is 5.24. The Kier molecular flexibility index (Phi) is 3.66. The lowest BCUT2D eigenvalue weighted by Gasteiger charge is -2.19. The van der Waals surface area contributed by atoms with Crippen molar-refractivity contribution in [2.75, 3.05) is 0 Å². The quantitative estimate of drug-likeness (QED) is 0.870. The Morgan fingerprint density at radius 2 is 2.44 bits per heavy atom. The third kappa shape index (κ3) is 2.30. The molecule has 2 rings (SSSR count). The number of Topliss-reactive ketones (excluding diaryl/α,β-unsaturated/α-hetero) is 1. The van der Waals surface area contributed by atoms with Gasteiger partial charge in [-0.1, -0.05) is 18.2 Å². The van der Waals surface area contributed by atoms with Gasteiger partial charge < -0.3 is 9.67 Å². The number of thioether (sulfide) groups is 1. The number of carbonyl (C=O) groups is 1. The number of imidazole rings is 1. The number of hydrogen-bond donors (Lipinski definition) is 1. The molecule has 0 spiro atoms. The zero-order valence-corrected chi connectivity index (χ0v) is 10.2. The molecular formula is C11H16N2O2S. The maximum absolute atomic E-state index is 11.7. The lowest BCUT2D eigenvalue weighted by Crippen LogP contribution is -2.21. The smallest absolute Gasteiger partial charge is 0.168 e. The fraction of sp³-hybridized carbons (Fsp3) is 0.636. The molecule has 0 bridgehead atoms. The molecule has 1 aromatic rings. The molecule has 1 unspecified atom stereocenters. The molecule has 1 aliphatic carbocycles. The summed E-state index contributed by atoms with van der Waals surface area (Å²) in [6.07, 6.45) is 5.47. The molecule has 88 valence electrons. The predicted molar refractivity (Wildman–Crippen MR) is 62.3 cm³/mol. The van der Waals surface area contributed by atoms with Crippen LogP contribution >= 0.6 is 11.8 Å². The van der Waals surface area contributed by atoms with Crippen LogP contribution in [0.2, 0.25) is 0 Å². The number of aliphatic hydroxyl groups is 1. The molecule has 0 aromatic carbocycles. The van der Waals surface area contributed by atoms with Crippen LogP contribution in [0.1, 0.15) is 31.4 Å². The van der Waals surface area contributed by atoms with Crippen molar-refractivity contribution in [3.63, 3.8) is 0 Å². The molecular weight excluding hydrogens is 224 g/mol. The van der Waals surface area contributed by atoms with Crippen molar-refractivity contribution in [2.24, 2.45) is 7.05 Å². The normalized spacial score (nSPS) is 21.4. The molecule has 4 nitrogen and oxygen atoms in total. The van der Waals surface area contributed by atoms with Gasteiger partial charge in [-0.15, -0.1) is 0 Å². The van der Waals surface area contributed by atoms with Gasteiger partial charge in [0, 0.05) is 13.5 Å². The summed E-state index contributed by atoms with van der Waals surface area (Å²) in [5, 5.41) is 9.93. The van der Waals surface area contributed by atoms with E-state index in [1.807, 2.05) is 11.6 Å². The van der Waals surface area contributed by atoms with E-state index in [-0.39, 0.29) is 11.9 Å². The lowest BCUT2D eigenvalue weighted by molar-refractivity contribution is -0.119. The first-order valence-corrected chi connectivity index (χ1v) is 6.41. The Morgan fingerprint density at radius 3 is 3.06 bits per heavy atom. The van der Waals surface area contributed by atoms with Gasteiger partial charge in [-0.05, 0) is 12.8 Å². The Labute approximate surface area is 99.1 Å². The zero-order chi connectivity index (χ0) is 11.5. The average molecular weight is 240 g/mol. The van der Waals surface area contributed by atoms with Gasteiger partial charge >= 0.3 is 0 Å². The van der Waals surface area contributed by atoms with E-state index in [4.69, 9.17) is 5.11 Å². The van der Waals surface area contributed by atoms with Crippen LogP contribution in [0, 0.1) is 0 Å². The van der Waals surface area contributed by atoms with Crippen molar-refractivity contribution in [3.8, 4) is 0 Å². The molecule has 1 saturated carbocycles. The third-order valence-corrected chi connectivity index (χ3v) is 4.32. The van der Waals surface area contributed by atoms with Crippen molar-refractivity contribution in [3.05, 3.63) is 11.9 Å². The third-order valence-electron chi connectivity index (χ3n) is 2.95. The molecule has 0 saturated heterocycles. The molecule has 1 atom stereocenters. The highest BCUT2D eigenvalue weighted by Gasteiger charge is 2.24. The maximum Gasteiger partial charge on any atom is 0.168 e. The van der Waals surface area contributed by atoms with Gasteiger partial charge in [-0.25, -0.2) is 4.98 Å². The van der Waals surface area contributed by atoms with E-state index in [0.717, 1.165) is 30.1 Å². The Hall–Kier alpha value is -0.810. The van der Waals surface area contributed by atoms with E-state index in [1.54, 1.807) is 6.20 Å². The summed E-state index contributed by atoms with van der Waals surface area (Å²) in [5.41, 5.74) is 0.783. The van der Waals surface area contributed by atoms with Crippen LogP contribution in [0.15, 0.2) is 11.4 Å². The largest absolute Gasteiger partial charge is 0.390 e. The van der Waals surface area contributed by atoms with Crippen LogP contribution in [0.3, 0.4) is 0 Å².